The lowest BCUT2D eigenvalue weighted by Gasteiger charge is -2.33. The highest BCUT2D eigenvalue weighted by Crippen LogP contribution is 2.30. The first-order valence-electron chi connectivity index (χ1n) is 11.8. The number of rotatable bonds is 7. The van der Waals surface area contributed by atoms with Gasteiger partial charge in [0.05, 0.1) is 18.3 Å². The SMILES string of the molecule is C=CC(=O)Nc1ccnc(-c2cncc3cnc(Nc4ccc(N5CCN(C)CC5)nc4OC)nc23)c1. The highest BCUT2D eigenvalue weighted by atomic mass is 16.5. The van der Waals surface area contributed by atoms with E-state index < -0.39 is 0 Å². The Kier molecular flexibility index (Phi) is 6.86. The van der Waals surface area contributed by atoms with Crippen molar-refractivity contribution in [2.45, 2.75) is 0 Å². The molecule has 1 aliphatic rings. The Morgan fingerprint density at radius 3 is 2.70 bits per heavy atom. The van der Waals surface area contributed by atoms with Gasteiger partial charge in [0.25, 0.3) is 0 Å². The molecule has 0 radical (unpaired) electrons. The molecule has 1 amide bonds. The van der Waals surface area contributed by atoms with Gasteiger partial charge in [-0.15, -0.1) is 0 Å². The highest BCUT2D eigenvalue weighted by molar-refractivity contribution is 5.99. The van der Waals surface area contributed by atoms with Crippen LogP contribution in [-0.4, -0.2) is 76.1 Å². The van der Waals surface area contributed by atoms with Crippen molar-refractivity contribution in [2.75, 3.05) is 55.9 Å². The third-order valence-electron chi connectivity index (χ3n) is 6.09. The monoisotopic (exact) mass is 497 g/mol. The minimum atomic E-state index is -0.303. The van der Waals surface area contributed by atoms with E-state index in [4.69, 9.17) is 14.7 Å². The number of carbonyl (C=O) groups is 1. The molecule has 11 nitrogen and oxygen atoms in total. The third-order valence-corrected chi connectivity index (χ3v) is 6.09. The van der Waals surface area contributed by atoms with Crippen LogP contribution in [0.5, 0.6) is 5.88 Å². The van der Waals surface area contributed by atoms with Gasteiger partial charge in [-0.2, -0.15) is 4.98 Å². The van der Waals surface area contributed by atoms with Crippen LogP contribution in [0.1, 0.15) is 0 Å². The summed E-state index contributed by atoms with van der Waals surface area (Å²) in [5, 5.41) is 6.73. The van der Waals surface area contributed by atoms with Crippen LogP contribution in [0.15, 0.2) is 61.7 Å². The Morgan fingerprint density at radius 1 is 1.08 bits per heavy atom. The van der Waals surface area contributed by atoms with Crippen LogP contribution < -0.4 is 20.3 Å². The van der Waals surface area contributed by atoms with Crippen molar-refractivity contribution in [2.24, 2.45) is 0 Å². The fourth-order valence-electron chi connectivity index (χ4n) is 4.06. The zero-order valence-electron chi connectivity index (χ0n) is 20.7. The van der Waals surface area contributed by atoms with Crippen LogP contribution in [0.2, 0.25) is 0 Å². The van der Waals surface area contributed by atoms with Crippen molar-refractivity contribution in [1.29, 1.82) is 0 Å². The fourth-order valence-corrected chi connectivity index (χ4v) is 4.06. The van der Waals surface area contributed by atoms with Gasteiger partial charge in [-0.05, 0) is 37.4 Å². The Labute approximate surface area is 214 Å². The quantitative estimate of drug-likeness (QED) is 0.368. The second-order valence-electron chi connectivity index (χ2n) is 8.58. The Bertz CT molecular complexity index is 1450. The zero-order valence-corrected chi connectivity index (χ0v) is 20.7. The summed E-state index contributed by atoms with van der Waals surface area (Å²) in [7, 11) is 3.72. The van der Waals surface area contributed by atoms with E-state index in [1.165, 1.54) is 6.08 Å². The molecule has 0 saturated carbocycles. The number of hydrogen-bond donors (Lipinski definition) is 2. The summed E-state index contributed by atoms with van der Waals surface area (Å²) in [6, 6.07) is 7.36. The molecular formula is C26H27N9O2. The molecule has 11 heteroatoms. The maximum absolute atomic E-state index is 11.7. The number of ether oxygens (including phenoxy) is 1. The molecule has 4 aromatic rings. The van der Waals surface area contributed by atoms with Crippen molar-refractivity contribution in [3.8, 4) is 17.1 Å². The predicted molar refractivity (Wildman–Crippen MR) is 143 cm³/mol. The lowest BCUT2D eigenvalue weighted by molar-refractivity contribution is -0.111. The van der Waals surface area contributed by atoms with E-state index in [9.17, 15) is 4.79 Å². The molecule has 0 spiro atoms. The average molecular weight is 498 g/mol. The van der Waals surface area contributed by atoms with Gasteiger partial charge in [-0.25, -0.2) is 9.97 Å². The molecule has 188 valence electrons. The van der Waals surface area contributed by atoms with Crippen LogP contribution in [0.3, 0.4) is 0 Å². The molecule has 0 atom stereocenters. The second kappa shape index (κ2) is 10.5. The van der Waals surface area contributed by atoms with Crippen LogP contribution in [0.25, 0.3) is 22.2 Å². The van der Waals surface area contributed by atoms with Gasteiger partial charge in [0, 0.05) is 67.6 Å². The number of pyridine rings is 3. The Hall–Kier alpha value is -4.64. The van der Waals surface area contributed by atoms with Crippen LogP contribution in [-0.2, 0) is 4.79 Å². The van der Waals surface area contributed by atoms with Crippen molar-refractivity contribution in [3.63, 3.8) is 0 Å². The third kappa shape index (κ3) is 5.31. The van der Waals surface area contributed by atoms with Gasteiger partial charge in [0.1, 0.15) is 11.5 Å². The molecule has 4 aromatic heterocycles. The number of anilines is 4. The predicted octanol–water partition coefficient (Wildman–Crippen LogP) is 3.11. The van der Waals surface area contributed by atoms with E-state index >= 15 is 0 Å². The number of fused-ring (bicyclic) bond motifs is 1. The topological polar surface area (TPSA) is 121 Å². The molecule has 5 rings (SSSR count). The number of aromatic nitrogens is 5. The van der Waals surface area contributed by atoms with Gasteiger partial charge in [0.15, 0.2) is 0 Å². The largest absolute Gasteiger partial charge is 0.479 e. The van der Waals surface area contributed by atoms with Crippen molar-refractivity contribution < 1.29 is 9.53 Å². The molecule has 1 aliphatic heterocycles. The lowest BCUT2D eigenvalue weighted by atomic mass is 10.1. The molecule has 2 N–H and O–H groups in total. The van der Waals surface area contributed by atoms with Crippen LogP contribution in [0, 0.1) is 0 Å². The zero-order chi connectivity index (χ0) is 25.8. The molecule has 37 heavy (non-hydrogen) atoms. The molecule has 1 saturated heterocycles. The van der Waals surface area contributed by atoms with Gasteiger partial charge >= 0.3 is 0 Å². The van der Waals surface area contributed by atoms with Gasteiger partial charge in [0.2, 0.25) is 17.7 Å². The fraction of sp³-hybridized carbons (Fsp3) is 0.231. The summed E-state index contributed by atoms with van der Waals surface area (Å²) in [5.74, 6) is 1.41. The Morgan fingerprint density at radius 2 is 1.92 bits per heavy atom. The number of nitrogens with one attached hydrogen (secondary N) is 2. The number of hydrogen-bond acceptors (Lipinski definition) is 10. The van der Waals surface area contributed by atoms with Crippen molar-refractivity contribution in [3.05, 3.63) is 61.7 Å². The molecule has 1 fully saturated rings. The van der Waals surface area contributed by atoms with E-state index in [2.05, 4.69) is 49.0 Å². The minimum Gasteiger partial charge on any atom is -0.479 e. The first-order chi connectivity index (χ1) is 18.0. The highest BCUT2D eigenvalue weighted by Gasteiger charge is 2.18. The molecule has 0 aromatic carbocycles. The number of methoxy groups -OCH3 is 1. The first-order valence-corrected chi connectivity index (χ1v) is 11.8. The van der Waals surface area contributed by atoms with Crippen molar-refractivity contribution in [1.82, 2.24) is 29.8 Å². The van der Waals surface area contributed by atoms with E-state index in [0.29, 0.717) is 40.0 Å². The summed E-state index contributed by atoms with van der Waals surface area (Å²) in [6.07, 6.45) is 7.91. The number of amides is 1. The van der Waals surface area contributed by atoms with Gasteiger partial charge in [-0.3, -0.25) is 14.8 Å². The maximum Gasteiger partial charge on any atom is 0.247 e. The minimum absolute atomic E-state index is 0.303. The van der Waals surface area contributed by atoms with Gasteiger partial charge in [-0.1, -0.05) is 6.58 Å². The average Bonchev–Trinajstić information content (AvgIpc) is 2.93. The van der Waals surface area contributed by atoms with Crippen molar-refractivity contribution >= 4 is 40.0 Å². The number of piperazine rings is 1. The smallest absolute Gasteiger partial charge is 0.247 e. The molecule has 0 bridgehead atoms. The van der Waals surface area contributed by atoms with E-state index in [1.807, 2.05) is 12.1 Å². The number of carbonyl (C=O) groups excluding carboxylic acids is 1. The molecule has 0 unspecified atom stereocenters. The second-order valence-corrected chi connectivity index (χ2v) is 8.58. The summed E-state index contributed by atoms with van der Waals surface area (Å²) < 4.78 is 5.58. The molecule has 5 heterocycles. The Balaban J connectivity index is 1.44. The molecule has 0 aliphatic carbocycles. The van der Waals surface area contributed by atoms with E-state index in [0.717, 1.165) is 37.4 Å². The molecular weight excluding hydrogens is 470 g/mol. The summed E-state index contributed by atoms with van der Waals surface area (Å²) >= 11 is 0. The van der Waals surface area contributed by atoms with E-state index in [1.54, 1.807) is 44.0 Å². The normalized spacial score (nSPS) is 13.8. The van der Waals surface area contributed by atoms with Crippen LogP contribution >= 0.6 is 0 Å². The number of nitrogens with zero attached hydrogens (tertiary/aromatic N) is 7. The summed E-state index contributed by atoms with van der Waals surface area (Å²) in [6.45, 7) is 7.29. The van der Waals surface area contributed by atoms with Crippen LogP contribution in [0.4, 0.5) is 23.1 Å². The maximum atomic E-state index is 11.7. The standard InChI is InChI=1S/C26H27N9O2/c1-4-23(36)30-18-7-8-28-21(13-18)19-16-27-14-17-15-29-26(33-24(17)19)31-20-5-6-22(32-25(20)37-3)35-11-9-34(2)10-12-35/h4-8,13-16H,1,9-12H2,2-3H3,(H,28,30,36)(H,29,31,33). The number of likely N-dealkylation sites (N-methyl/N-ethyl adjacent to an activating group) is 1. The van der Waals surface area contributed by atoms with E-state index in [-0.39, 0.29) is 5.91 Å². The van der Waals surface area contributed by atoms with Gasteiger partial charge < -0.3 is 25.2 Å². The summed E-state index contributed by atoms with van der Waals surface area (Å²) in [5.41, 5.74) is 3.22. The lowest BCUT2D eigenvalue weighted by Crippen LogP contribution is -2.44. The first kappa shape index (κ1) is 24.1. The summed E-state index contributed by atoms with van der Waals surface area (Å²) in [4.78, 5) is 38.9.